The number of hydrogen-bond donors (Lipinski definition) is 2. The van der Waals surface area contributed by atoms with Gasteiger partial charge in [0, 0.05) is 5.56 Å². The minimum absolute atomic E-state index is 0.0434. The van der Waals surface area contributed by atoms with Gasteiger partial charge in [-0.3, -0.25) is 4.79 Å². The van der Waals surface area contributed by atoms with Gasteiger partial charge in [-0.05, 0) is 42.0 Å². The summed E-state index contributed by atoms with van der Waals surface area (Å²) in [6.45, 7) is 0.550. The van der Waals surface area contributed by atoms with Gasteiger partial charge in [0.25, 0.3) is 0 Å². The van der Waals surface area contributed by atoms with Crippen LogP contribution >= 0.6 is 23.2 Å². The Balaban J connectivity index is 1.97. The fourth-order valence-corrected chi connectivity index (χ4v) is 2.93. The maximum atomic E-state index is 12.3. The van der Waals surface area contributed by atoms with E-state index in [1.54, 1.807) is 19.2 Å². The summed E-state index contributed by atoms with van der Waals surface area (Å²) in [5.74, 6) is 0.776. The standard InChI is InChI=1S/C19H22Cl2N2O2/c1-23(2)18(14-5-7-15(25-3)8-6-14)12-22-19(24)11-13-4-9-16(20)17(21)10-13/h4-10,18H,11-12H2,1-3H3,(H,22,24)/p+1/t18-/m0/s1. The first kappa shape index (κ1) is 19.6. The van der Waals surface area contributed by atoms with Gasteiger partial charge >= 0.3 is 0 Å². The van der Waals surface area contributed by atoms with Crippen LogP contribution in [-0.2, 0) is 11.2 Å². The van der Waals surface area contributed by atoms with Gasteiger partial charge in [-0.15, -0.1) is 0 Å². The monoisotopic (exact) mass is 381 g/mol. The summed E-state index contributed by atoms with van der Waals surface area (Å²) >= 11 is 11.9. The van der Waals surface area contributed by atoms with Gasteiger partial charge in [0.1, 0.15) is 11.8 Å². The first-order chi connectivity index (χ1) is 11.9. The summed E-state index contributed by atoms with van der Waals surface area (Å²) in [5, 5.41) is 3.95. The van der Waals surface area contributed by atoms with Crippen LogP contribution < -0.4 is 15.0 Å². The number of carbonyl (C=O) groups is 1. The largest absolute Gasteiger partial charge is 0.497 e. The molecule has 0 aliphatic heterocycles. The minimum Gasteiger partial charge on any atom is -0.497 e. The lowest BCUT2D eigenvalue weighted by atomic mass is 10.1. The SMILES string of the molecule is COc1ccc([C@H](CNC(=O)Cc2ccc(Cl)c(Cl)c2)[NH+](C)C)cc1. The van der Waals surface area contributed by atoms with E-state index in [0.29, 0.717) is 16.6 Å². The number of halogens is 2. The quantitative estimate of drug-likeness (QED) is 0.773. The number of methoxy groups -OCH3 is 1. The highest BCUT2D eigenvalue weighted by atomic mass is 35.5. The molecule has 2 N–H and O–H groups in total. The van der Waals surface area contributed by atoms with E-state index in [0.717, 1.165) is 16.9 Å². The van der Waals surface area contributed by atoms with Crippen molar-refractivity contribution >= 4 is 29.1 Å². The van der Waals surface area contributed by atoms with E-state index in [4.69, 9.17) is 27.9 Å². The molecule has 4 nitrogen and oxygen atoms in total. The molecule has 134 valence electrons. The second-order valence-electron chi connectivity index (χ2n) is 6.13. The Bertz CT molecular complexity index is 718. The molecule has 0 radical (unpaired) electrons. The van der Waals surface area contributed by atoms with Crippen LogP contribution in [0.4, 0.5) is 0 Å². The molecule has 0 bridgehead atoms. The molecule has 0 unspecified atom stereocenters. The predicted octanol–water partition coefficient (Wildman–Crippen LogP) is 2.55. The van der Waals surface area contributed by atoms with E-state index in [1.165, 1.54) is 4.90 Å². The van der Waals surface area contributed by atoms with Crippen molar-refractivity contribution in [1.29, 1.82) is 0 Å². The van der Waals surface area contributed by atoms with Crippen molar-refractivity contribution in [2.75, 3.05) is 27.7 Å². The first-order valence-electron chi connectivity index (χ1n) is 8.05. The summed E-state index contributed by atoms with van der Waals surface area (Å²) in [6, 6.07) is 13.3. The summed E-state index contributed by atoms with van der Waals surface area (Å²) in [4.78, 5) is 13.5. The van der Waals surface area contributed by atoms with E-state index in [-0.39, 0.29) is 18.4 Å². The van der Waals surface area contributed by atoms with Crippen LogP contribution in [0.15, 0.2) is 42.5 Å². The fraction of sp³-hybridized carbons (Fsp3) is 0.316. The van der Waals surface area contributed by atoms with E-state index in [1.807, 2.05) is 30.3 Å². The zero-order chi connectivity index (χ0) is 18.4. The Morgan fingerprint density at radius 2 is 1.80 bits per heavy atom. The molecular weight excluding hydrogens is 359 g/mol. The van der Waals surface area contributed by atoms with E-state index >= 15 is 0 Å². The third-order valence-electron chi connectivity index (χ3n) is 4.07. The Morgan fingerprint density at radius 1 is 1.12 bits per heavy atom. The van der Waals surface area contributed by atoms with Gasteiger partial charge < -0.3 is 15.0 Å². The molecule has 0 spiro atoms. The number of benzene rings is 2. The molecule has 2 rings (SSSR count). The number of nitrogens with one attached hydrogen (secondary N) is 2. The maximum Gasteiger partial charge on any atom is 0.224 e. The van der Waals surface area contributed by atoms with Crippen molar-refractivity contribution in [3.8, 4) is 5.75 Å². The number of rotatable bonds is 7. The van der Waals surface area contributed by atoms with Crippen molar-refractivity contribution in [1.82, 2.24) is 5.32 Å². The molecule has 25 heavy (non-hydrogen) atoms. The Morgan fingerprint density at radius 3 is 2.36 bits per heavy atom. The zero-order valence-corrected chi connectivity index (χ0v) is 16.1. The molecule has 0 aliphatic rings. The highest BCUT2D eigenvalue weighted by Gasteiger charge is 2.19. The van der Waals surface area contributed by atoms with Crippen LogP contribution in [-0.4, -0.2) is 33.7 Å². The number of likely N-dealkylation sites (N-methyl/N-ethyl adjacent to an activating group) is 1. The average molecular weight is 382 g/mol. The lowest BCUT2D eigenvalue weighted by Gasteiger charge is -2.22. The van der Waals surface area contributed by atoms with Gasteiger partial charge in [0.2, 0.25) is 5.91 Å². The van der Waals surface area contributed by atoms with Crippen molar-refractivity contribution in [2.24, 2.45) is 0 Å². The maximum absolute atomic E-state index is 12.3. The summed E-state index contributed by atoms with van der Waals surface area (Å²) < 4.78 is 5.20. The number of quaternary nitrogens is 1. The van der Waals surface area contributed by atoms with Gasteiger partial charge in [0.05, 0.1) is 44.2 Å². The van der Waals surface area contributed by atoms with Gasteiger partial charge in [-0.1, -0.05) is 29.3 Å². The topological polar surface area (TPSA) is 42.8 Å². The zero-order valence-electron chi connectivity index (χ0n) is 14.6. The van der Waals surface area contributed by atoms with E-state index in [2.05, 4.69) is 19.4 Å². The minimum atomic E-state index is -0.0434. The Labute approximate surface area is 158 Å². The van der Waals surface area contributed by atoms with E-state index < -0.39 is 0 Å². The van der Waals surface area contributed by atoms with Crippen molar-refractivity contribution < 1.29 is 14.4 Å². The first-order valence-corrected chi connectivity index (χ1v) is 8.81. The predicted molar refractivity (Wildman–Crippen MR) is 102 cm³/mol. The summed E-state index contributed by atoms with van der Waals surface area (Å²) in [7, 11) is 5.78. The molecule has 2 aromatic carbocycles. The van der Waals surface area contributed by atoms with Crippen molar-refractivity contribution in [3.05, 3.63) is 63.6 Å². The number of ether oxygens (including phenoxy) is 1. The third-order valence-corrected chi connectivity index (χ3v) is 4.81. The van der Waals surface area contributed by atoms with Crippen LogP contribution in [0, 0.1) is 0 Å². The molecule has 0 saturated carbocycles. The smallest absolute Gasteiger partial charge is 0.224 e. The van der Waals surface area contributed by atoms with Crippen molar-refractivity contribution in [2.45, 2.75) is 12.5 Å². The van der Waals surface area contributed by atoms with Gasteiger partial charge in [0.15, 0.2) is 0 Å². The van der Waals surface area contributed by atoms with Crippen LogP contribution in [0.3, 0.4) is 0 Å². The average Bonchev–Trinajstić information content (AvgIpc) is 2.58. The Kier molecular flexibility index (Phi) is 7.12. The van der Waals surface area contributed by atoms with Gasteiger partial charge in [-0.25, -0.2) is 0 Å². The van der Waals surface area contributed by atoms with E-state index in [9.17, 15) is 4.79 Å². The molecule has 1 atom stereocenters. The summed E-state index contributed by atoms with van der Waals surface area (Å²) in [6.07, 6.45) is 0.273. The molecule has 0 aliphatic carbocycles. The van der Waals surface area contributed by atoms with Crippen LogP contribution in [0.25, 0.3) is 0 Å². The molecule has 0 fully saturated rings. The molecule has 0 heterocycles. The summed E-state index contributed by atoms with van der Waals surface area (Å²) in [5.41, 5.74) is 1.99. The molecule has 6 heteroatoms. The lowest BCUT2D eigenvalue weighted by Crippen LogP contribution is -3.07. The fourth-order valence-electron chi connectivity index (χ4n) is 2.60. The Hall–Kier alpha value is -1.75. The van der Waals surface area contributed by atoms with Crippen LogP contribution in [0.5, 0.6) is 5.75 Å². The highest BCUT2D eigenvalue weighted by molar-refractivity contribution is 6.42. The normalized spacial score (nSPS) is 12.1. The number of hydrogen-bond acceptors (Lipinski definition) is 2. The lowest BCUT2D eigenvalue weighted by molar-refractivity contribution is -0.890. The highest BCUT2D eigenvalue weighted by Crippen LogP contribution is 2.22. The number of carbonyl (C=O) groups excluding carboxylic acids is 1. The third kappa shape index (κ3) is 5.63. The van der Waals surface area contributed by atoms with Crippen LogP contribution in [0.1, 0.15) is 17.2 Å². The number of amides is 1. The second kappa shape index (κ2) is 9.09. The molecule has 0 aromatic heterocycles. The second-order valence-corrected chi connectivity index (χ2v) is 6.95. The van der Waals surface area contributed by atoms with Crippen LogP contribution in [0.2, 0.25) is 10.0 Å². The molecular formula is C19H23Cl2N2O2+. The van der Waals surface area contributed by atoms with Crippen molar-refractivity contribution in [3.63, 3.8) is 0 Å². The molecule has 2 aromatic rings. The molecule has 0 saturated heterocycles. The molecule has 1 amide bonds. The van der Waals surface area contributed by atoms with Gasteiger partial charge in [-0.2, -0.15) is 0 Å².